The molecule has 244 valence electrons. The van der Waals surface area contributed by atoms with Crippen molar-refractivity contribution in [3.63, 3.8) is 0 Å². The highest BCUT2D eigenvalue weighted by molar-refractivity contribution is 5.96. The van der Waals surface area contributed by atoms with Crippen LogP contribution in [0.25, 0.3) is 0 Å². The lowest BCUT2D eigenvalue weighted by Gasteiger charge is -2.34. The average molecular weight is 617 g/mol. The Labute approximate surface area is 261 Å². The van der Waals surface area contributed by atoms with Gasteiger partial charge in [0.05, 0.1) is 40.2 Å². The van der Waals surface area contributed by atoms with Gasteiger partial charge in [-0.3, -0.25) is 24.2 Å². The molecule has 1 aromatic carbocycles. The van der Waals surface area contributed by atoms with Crippen molar-refractivity contribution in [2.45, 2.75) is 57.4 Å². The first-order chi connectivity index (χ1) is 20.9. The van der Waals surface area contributed by atoms with Gasteiger partial charge in [0, 0.05) is 58.2 Å². The molecule has 3 aliphatic heterocycles. The number of likely N-dealkylation sites (tertiary alicyclic amines) is 1. The van der Waals surface area contributed by atoms with Crippen LogP contribution in [0, 0.1) is 5.92 Å². The number of carboxylic acid groups (broad SMARTS) is 1. The van der Waals surface area contributed by atoms with Crippen LogP contribution in [0.1, 0.15) is 56.9 Å². The smallest absolute Gasteiger partial charge is 0.326 e. The number of fused-ring (bicyclic) bond motifs is 1. The minimum Gasteiger partial charge on any atom is -0.481 e. The van der Waals surface area contributed by atoms with Crippen molar-refractivity contribution >= 4 is 23.8 Å². The van der Waals surface area contributed by atoms with Crippen LogP contribution in [0.2, 0.25) is 0 Å². The van der Waals surface area contributed by atoms with Crippen LogP contribution in [0.4, 0.5) is 4.79 Å². The Morgan fingerprint density at radius 1 is 1.07 bits per heavy atom. The van der Waals surface area contributed by atoms with Gasteiger partial charge in [-0.15, -0.1) is 0 Å². The van der Waals surface area contributed by atoms with E-state index in [1.54, 1.807) is 13.1 Å². The lowest BCUT2D eigenvalue weighted by molar-refractivity contribution is -0.870. The van der Waals surface area contributed by atoms with Gasteiger partial charge in [-0.2, -0.15) is 0 Å². The van der Waals surface area contributed by atoms with E-state index in [2.05, 4.69) is 28.1 Å². The van der Waals surface area contributed by atoms with Gasteiger partial charge in [0.25, 0.3) is 0 Å². The molecule has 3 atom stereocenters. The number of nitrogens with zero attached hydrogens (tertiary/aromatic N) is 5. The van der Waals surface area contributed by atoms with Crippen LogP contribution in [0.5, 0.6) is 11.5 Å². The molecule has 0 aliphatic carbocycles. The summed E-state index contributed by atoms with van der Waals surface area (Å²) in [5, 5.41) is 10.5. The summed E-state index contributed by atoms with van der Waals surface area (Å²) >= 11 is 0. The van der Waals surface area contributed by atoms with E-state index in [9.17, 15) is 24.3 Å². The molecule has 4 rings (SSSR count). The molecule has 1 N–H and O–H groups in total. The van der Waals surface area contributed by atoms with E-state index in [-0.39, 0.29) is 50.6 Å². The number of ether oxygens (including phenoxy) is 2. The summed E-state index contributed by atoms with van der Waals surface area (Å²) < 4.78 is 11.9. The Morgan fingerprint density at radius 2 is 1.80 bits per heavy atom. The Hall–Kier alpha value is -3.38. The fourth-order valence-electron chi connectivity index (χ4n) is 6.50. The van der Waals surface area contributed by atoms with Gasteiger partial charge in [0.2, 0.25) is 18.6 Å². The van der Waals surface area contributed by atoms with Gasteiger partial charge in [-0.1, -0.05) is 19.4 Å². The zero-order chi connectivity index (χ0) is 32.0. The number of aliphatic carboxylic acids is 1. The number of rotatable bonds is 15. The SMILES string of the molecule is CCCCN(CCCC[N+](C)(C)C)C(=O)CN1C[C@H](c2ccc3c(c2)OCO3)C(C(=O)O)[C@@H]1CCN1C(=O)CCN(C)C1=O. The van der Waals surface area contributed by atoms with Crippen LogP contribution < -0.4 is 9.47 Å². The molecule has 0 aromatic heterocycles. The van der Waals surface area contributed by atoms with Gasteiger partial charge >= 0.3 is 12.0 Å². The molecule has 0 radical (unpaired) electrons. The average Bonchev–Trinajstić information content (AvgIpc) is 3.58. The van der Waals surface area contributed by atoms with E-state index < -0.39 is 23.8 Å². The third-order valence-electron chi connectivity index (χ3n) is 9.01. The Balaban J connectivity index is 1.56. The minimum atomic E-state index is -0.968. The van der Waals surface area contributed by atoms with Crippen molar-refractivity contribution < 1.29 is 38.2 Å². The van der Waals surface area contributed by atoms with Gasteiger partial charge in [0.1, 0.15) is 0 Å². The van der Waals surface area contributed by atoms with Gasteiger partial charge in [-0.25, -0.2) is 4.79 Å². The number of carbonyl (C=O) groups is 4. The van der Waals surface area contributed by atoms with E-state index in [0.717, 1.165) is 42.3 Å². The molecule has 2 saturated heterocycles. The summed E-state index contributed by atoms with van der Waals surface area (Å²) in [4.78, 5) is 58.8. The third-order valence-corrected chi connectivity index (χ3v) is 9.01. The van der Waals surface area contributed by atoms with Crippen LogP contribution in [-0.2, 0) is 14.4 Å². The van der Waals surface area contributed by atoms with Crippen LogP contribution in [0.15, 0.2) is 18.2 Å². The van der Waals surface area contributed by atoms with Crippen molar-refractivity contribution in [2.24, 2.45) is 5.92 Å². The molecule has 0 spiro atoms. The summed E-state index contributed by atoms with van der Waals surface area (Å²) in [6, 6.07) is 4.57. The number of amides is 4. The zero-order valence-corrected chi connectivity index (χ0v) is 27.0. The number of hydrogen-bond donors (Lipinski definition) is 1. The molecule has 0 saturated carbocycles. The van der Waals surface area contributed by atoms with Gasteiger partial charge in [0.15, 0.2) is 11.5 Å². The first-order valence-corrected chi connectivity index (χ1v) is 15.9. The Kier molecular flexibility index (Phi) is 11.1. The number of imide groups is 1. The predicted molar refractivity (Wildman–Crippen MR) is 164 cm³/mol. The molecule has 3 aliphatic rings. The number of carboxylic acids is 1. The Bertz CT molecular complexity index is 1200. The van der Waals surface area contributed by atoms with Crippen LogP contribution in [-0.4, -0.2) is 140 Å². The van der Waals surface area contributed by atoms with Gasteiger partial charge in [-0.05, 0) is 43.4 Å². The van der Waals surface area contributed by atoms with Crippen LogP contribution >= 0.6 is 0 Å². The first-order valence-electron chi connectivity index (χ1n) is 15.9. The molecule has 2 fully saturated rings. The molecular formula is C32H50N5O7+. The third kappa shape index (κ3) is 8.20. The highest BCUT2D eigenvalue weighted by Gasteiger charge is 2.48. The topological polar surface area (TPSA) is 120 Å². The summed E-state index contributed by atoms with van der Waals surface area (Å²) in [7, 11) is 8.13. The van der Waals surface area contributed by atoms with Crippen LogP contribution in [0.3, 0.4) is 0 Å². The fourth-order valence-corrected chi connectivity index (χ4v) is 6.50. The lowest BCUT2D eigenvalue weighted by Crippen LogP contribution is -2.52. The van der Waals surface area contributed by atoms with E-state index in [4.69, 9.17) is 9.47 Å². The lowest BCUT2D eigenvalue weighted by atomic mass is 9.84. The van der Waals surface area contributed by atoms with Crippen molar-refractivity contribution in [3.05, 3.63) is 23.8 Å². The fraction of sp³-hybridized carbons (Fsp3) is 0.688. The number of unbranched alkanes of at least 4 members (excludes halogenated alkanes) is 2. The summed E-state index contributed by atoms with van der Waals surface area (Å²) in [6.07, 6.45) is 4.26. The summed E-state index contributed by atoms with van der Waals surface area (Å²) in [5.41, 5.74) is 0.801. The summed E-state index contributed by atoms with van der Waals surface area (Å²) in [6.45, 7) is 5.46. The van der Waals surface area contributed by atoms with Gasteiger partial charge < -0.3 is 28.9 Å². The largest absolute Gasteiger partial charge is 0.481 e. The second-order valence-corrected chi connectivity index (χ2v) is 13.3. The van der Waals surface area contributed by atoms with Crippen molar-refractivity contribution in [3.8, 4) is 11.5 Å². The first kappa shape index (κ1) is 33.5. The maximum atomic E-state index is 13.8. The van der Waals surface area contributed by atoms with Crippen molar-refractivity contribution in [1.82, 2.24) is 19.6 Å². The monoisotopic (exact) mass is 616 g/mol. The molecule has 12 heteroatoms. The van der Waals surface area contributed by atoms with E-state index in [1.807, 2.05) is 21.9 Å². The molecule has 44 heavy (non-hydrogen) atoms. The van der Waals surface area contributed by atoms with Crippen molar-refractivity contribution in [2.75, 3.05) is 80.8 Å². The summed E-state index contributed by atoms with van der Waals surface area (Å²) in [5.74, 6) is -1.31. The zero-order valence-electron chi connectivity index (χ0n) is 27.0. The number of quaternary nitrogens is 1. The molecule has 12 nitrogen and oxygen atoms in total. The second kappa shape index (κ2) is 14.6. The predicted octanol–water partition coefficient (Wildman–Crippen LogP) is 2.67. The van der Waals surface area contributed by atoms with E-state index in [0.29, 0.717) is 37.7 Å². The number of hydrogen-bond acceptors (Lipinski definition) is 7. The van der Waals surface area contributed by atoms with Crippen molar-refractivity contribution in [1.29, 1.82) is 0 Å². The standard InChI is InChI=1S/C32H49N5O7/c1-6-7-14-34(15-8-9-18-37(3,4)5)29(39)21-35-20-24(23-10-11-26-27(19-23)44-22-43-26)30(31(40)41)25(35)12-17-36-28(38)13-16-33(2)32(36)42/h10-11,19,24-25,30H,6-9,12-18,20-22H2,1-5H3/p+1/t24-,25+,30?/m1/s1. The molecule has 0 bridgehead atoms. The highest BCUT2D eigenvalue weighted by atomic mass is 16.7. The van der Waals surface area contributed by atoms with E-state index in [1.165, 1.54) is 9.80 Å². The molecule has 1 aromatic rings. The van der Waals surface area contributed by atoms with E-state index >= 15 is 0 Å². The molecule has 3 heterocycles. The number of benzene rings is 1. The maximum absolute atomic E-state index is 13.8. The molecule has 4 amide bonds. The minimum absolute atomic E-state index is 0.0194. The highest BCUT2D eigenvalue weighted by Crippen LogP contribution is 2.42. The quantitative estimate of drug-likeness (QED) is 0.236. The maximum Gasteiger partial charge on any atom is 0.326 e. The number of carbonyl (C=O) groups excluding carboxylic acids is 3. The molecule has 1 unspecified atom stereocenters. The number of urea groups is 1. The molecular weight excluding hydrogens is 566 g/mol. The second-order valence-electron chi connectivity index (χ2n) is 13.3. The normalized spacial score (nSPS) is 22.2. The Morgan fingerprint density at radius 3 is 2.50 bits per heavy atom.